The summed E-state index contributed by atoms with van der Waals surface area (Å²) in [5, 5.41) is 10.3. The van der Waals surface area contributed by atoms with Crippen LogP contribution in [-0.2, 0) is 4.79 Å². The highest BCUT2D eigenvalue weighted by atomic mass is 35.5. The van der Waals surface area contributed by atoms with Gasteiger partial charge in [0.15, 0.2) is 0 Å². The normalized spacial score (nSPS) is 10.6. The molecule has 152 valence electrons. The van der Waals surface area contributed by atoms with Gasteiger partial charge in [0, 0.05) is 34.9 Å². The molecule has 0 radical (unpaired) electrons. The summed E-state index contributed by atoms with van der Waals surface area (Å²) in [6.45, 7) is -0.00922. The zero-order chi connectivity index (χ0) is 21.3. The molecule has 3 N–H and O–H groups in total. The molecule has 0 unspecified atom stereocenters. The molecule has 1 heterocycles. The molecule has 9 heteroatoms. The van der Waals surface area contributed by atoms with E-state index in [0.29, 0.717) is 26.9 Å². The largest absolute Gasteiger partial charge is 0.376 e. The highest BCUT2D eigenvalue weighted by Crippen LogP contribution is 2.20. The Morgan fingerprint density at radius 2 is 1.60 bits per heavy atom. The van der Waals surface area contributed by atoms with Crippen LogP contribution < -0.4 is 16.1 Å². The van der Waals surface area contributed by atoms with Crippen LogP contribution >= 0.6 is 23.2 Å². The SMILES string of the molecule is O=C(CNc1ccc(C(=O)Nc2ccccc2)cc1)N/N=C/c1c(Cl)cncc1Cl. The lowest BCUT2D eigenvalue weighted by Gasteiger charge is -2.08. The fourth-order valence-corrected chi connectivity index (χ4v) is 2.86. The summed E-state index contributed by atoms with van der Waals surface area (Å²) in [6, 6.07) is 16.0. The average Bonchev–Trinajstić information content (AvgIpc) is 2.75. The number of halogens is 2. The lowest BCUT2D eigenvalue weighted by atomic mass is 10.2. The van der Waals surface area contributed by atoms with E-state index in [1.54, 1.807) is 24.3 Å². The molecule has 0 spiro atoms. The minimum Gasteiger partial charge on any atom is -0.376 e. The Bertz CT molecular complexity index is 1040. The Hall–Kier alpha value is -3.42. The number of rotatable bonds is 7. The number of pyridine rings is 1. The predicted octanol–water partition coefficient (Wildman–Crippen LogP) is 4.20. The molecule has 0 aliphatic rings. The van der Waals surface area contributed by atoms with Gasteiger partial charge in [0.25, 0.3) is 11.8 Å². The van der Waals surface area contributed by atoms with Crippen molar-refractivity contribution in [1.29, 1.82) is 0 Å². The van der Waals surface area contributed by atoms with Crippen molar-refractivity contribution in [1.82, 2.24) is 10.4 Å². The van der Waals surface area contributed by atoms with E-state index >= 15 is 0 Å². The van der Waals surface area contributed by atoms with E-state index in [-0.39, 0.29) is 18.4 Å². The first kappa shape index (κ1) is 21.3. The van der Waals surface area contributed by atoms with Crippen LogP contribution in [0.5, 0.6) is 0 Å². The number of hydrogen-bond acceptors (Lipinski definition) is 5. The van der Waals surface area contributed by atoms with Gasteiger partial charge in [-0.2, -0.15) is 5.10 Å². The number of anilines is 2. The van der Waals surface area contributed by atoms with E-state index in [1.165, 1.54) is 18.6 Å². The third-order valence-corrected chi connectivity index (χ3v) is 4.51. The van der Waals surface area contributed by atoms with Crippen LogP contribution in [0.3, 0.4) is 0 Å². The Morgan fingerprint density at radius 3 is 2.27 bits per heavy atom. The molecule has 0 aliphatic heterocycles. The number of nitrogens with one attached hydrogen (secondary N) is 3. The number of benzene rings is 2. The predicted molar refractivity (Wildman–Crippen MR) is 119 cm³/mol. The Morgan fingerprint density at radius 1 is 0.933 bits per heavy atom. The standard InChI is InChI=1S/C21H17Cl2N5O2/c22-18-11-24-12-19(23)17(18)10-26-28-20(29)13-25-15-8-6-14(7-9-15)21(30)27-16-4-2-1-3-5-16/h1-12,25H,13H2,(H,27,30)(H,28,29)/b26-10+. The van der Waals surface area contributed by atoms with Gasteiger partial charge in [-0.1, -0.05) is 41.4 Å². The molecule has 0 saturated heterocycles. The Kier molecular flexibility index (Phi) is 7.37. The molecule has 0 saturated carbocycles. The quantitative estimate of drug-likeness (QED) is 0.378. The lowest BCUT2D eigenvalue weighted by molar-refractivity contribution is -0.119. The topological polar surface area (TPSA) is 95.5 Å². The lowest BCUT2D eigenvalue weighted by Crippen LogP contribution is -2.25. The maximum Gasteiger partial charge on any atom is 0.259 e. The van der Waals surface area contributed by atoms with Crippen LogP contribution in [0.4, 0.5) is 11.4 Å². The minimum atomic E-state index is -0.363. The molecule has 3 rings (SSSR count). The molecule has 1 aromatic heterocycles. The summed E-state index contributed by atoms with van der Waals surface area (Å²) < 4.78 is 0. The summed E-state index contributed by atoms with van der Waals surface area (Å²) >= 11 is 11.9. The number of carbonyl (C=O) groups is 2. The van der Waals surface area contributed by atoms with Crippen LogP contribution in [0.15, 0.2) is 72.1 Å². The smallest absolute Gasteiger partial charge is 0.259 e. The van der Waals surface area contributed by atoms with Crippen molar-refractivity contribution >= 4 is 52.6 Å². The second kappa shape index (κ2) is 10.4. The summed E-state index contributed by atoms with van der Waals surface area (Å²) in [5.41, 5.74) is 4.75. The number of hydrogen-bond donors (Lipinski definition) is 3. The van der Waals surface area contributed by atoms with Crippen LogP contribution in [0.25, 0.3) is 0 Å². The second-order valence-electron chi connectivity index (χ2n) is 6.06. The van der Waals surface area contributed by atoms with Gasteiger partial charge in [-0.05, 0) is 36.4 Å². The summed E-state index contributed by atoms with van der Waals surface area (Å²) in [5.74, 6) is -0.577. The van der Waals surface area contributed by atoms with Gasteiger partial charge in [0.05, 0.1) is 22.8 Å². The van der Waals surface area contributed by atoms with Gasteiger partial charge in [0.1, 0.15) is 0 Å². The van der Waals surface area contributed by atoms with Crippen molar-refractivity contribution in [3.05, 3.63) is 88.2 Å². The first-order valence-corrected chi connectivity index (χ1v) is 9.60. The first-order chi connectivity index (χ1) is 14.5. The van der Waals surface area contributed by atoms with Crippen LogP contribution in [0.1, 0.15) is 15.9 Å². The third-order valence-electron chi connectivity index (χ3n) is 3.91. The van der Waals surface area contributed by atoms with E-state index in [2.05, 4.69) is 26.1 Å². The molecule has 2 aromatic carbocycles. The summed E-state index contributed by atoms with van der Waals surface area (Å²) in [4.78, 5) is 28.0. The molecule has 30 heavy (non-hydrogen) atoms. The highest BCUT2D eigenvalue weighted by molar-refractivity contribution is 6.38. The molecule has 2 amide bonds. The molecular formula is C21H17Cl2N5O2. The number of aromatic nitrogens is 1. The second-order valence-corrected chi connectivity index (χ2v) is 6.88. The highest BCUT2D eigenvalue weighted by Gasteiger charge is 2.07. The van der Waals surface area contributed by atoms with Gasteiger partial charge in [-0.25, -0.2) is 5.43 Å². The maximum atomic E-state index is 12.2. The van der Waals surface area contributed by atoms with Crippen molar-refractivity contribution in [2.24, 2.45) is 5.10 Å². The van der Waals surface area contributed by atoms with Crippen molar-refractivity contribution in [2.45, 2.75) is 0 Å². The van der Waals surface area contributed by atoms with E-state index in [1.807, 2.05) is 30.3 Å². The Labute approximate surface area is 183 Å². The van der Waals surface area contributed by atoms with E-state index in [4.69, 9.17) is 23.2 Å². The zero-order valence-corrected chi connectivity index (χ0v) is 17.1. The van der Waals surface area contributed by atoms with Gasteiger partial charge >= 0.3 is 0 Å². The van der Waals surface area contributed by atoms with Gasteiger partial charge < -0.3 is 10.6 Å². The molecule has 7 nitrogen and oxygen atoms in total. The fraction of sp³-hybridized carbons (Fsp3) is 0.0476. The van der Waals surface area contributed by atoms with Crippen molar-refractivity contribution in [3.8, 4) is 0 Å². The number of nitrogens with zero attached hydrogens (tertiary/aromatic N) is 2. The van der Waals surface area contributed by atoms with E-state index < -0.39 is 0 Å². The molecule has 0 atom stereocenters. The summed E-state index contributed by atoms with van der Waals surface area (Å²) in [7, 11) is 0. The summed E-state index contributed by atoms with van der Waals surface area (Å²) in [6.07, 6.45) is 4.22. The van der Waals surface area contributed by atoms with Crippen molar-refractivity contribution in [2.75, 3.05) is 17.2 Å². The van der Waals surface area contributed by atoms with Gasteiger partial charge in [0.2, 0.25) is 0 Å². The van der Waals surface area contributed by atoms with Crippen LogP contribution in [-0.4, -0.2) is 29.6 Å². The average molecular weight is 442 g/mol. The van der Waals surface area contributed by atoms with Crippen LogP contribution in [0.2, 0.25) is 10.0 Å². The molecule has 0 fully saturated rings. The van der Waals surface area contributed by atoms with Gasteiger partial charge in [-0.3, -0.25) is 14.6 Å². The molecular weight excluding hydrogens is 425 g/mol. The zero-order valence-electron chi connectivity index (χ0n) is 15.6. The van der Waals surface area contributed by atoms with Gasteiger partial charge in [-0.15, -0.1) is 0 Å². The fourth-order valence-electron chi connectivity index (χ4n) is 2.40. The monoisotopic (exact) mass is 441 g/mol. The first-order valence-electron chi connectivity index (χ1n) is 8.84. The third kappa shape index (κ3) is 6.04. The number of amides is 2. The number of para-hydroxylation sites is 1. The minimum absolute atomic E-state index is 0.00922. The Balaban J connectivity index is 1.48. The van der Waals surface area contributed by atoms with E-state index in [9.17, 15) is 9.59 Å². The molecule has 0 bridgehead atoms. The number of carbonyl (C=O) groups excluding carboxylic acids is 2. The van der Waals surface area contributed by atoms with Crippen LogP contribution in [0, 0.1) is 0 Å². The molecule has 0 aliphatic carbocycles. The van der Waals surface area contributed by atoms with Crippen molar-refractivity contribution < 1.29 is 9.59 Å². The van der Waals surface area contributed by atoms with E-state index in [0.717, 1.165) is 5.69 Å². The molecule has 3 aromatic rings. The number of hydrazone groups is 1. The van der Waals surface area contributed by atoms with Crippen molar-refractivity contribution in [3.63, 3.8) is 0 Å². The maximum absolute atomic E-state index is 12.2.